The van der Waals surface area contributed by atoms with Crippen LogP contribution >= 0.6 is 11.6 Å². The molecule has 2 heterocycles. The Labute approximate surface area is 121 Å². The van der Waals surface area contributed by atoms with Crippen molar-refractivity contribution in [3.05, 3.63) is 59.1 Å². The van der Waals surface area contributed by atoms with Gasteiger partial charge < -0.3 is 5.32 Å². The van der Waals surface area contributed by atoms with Gasteiger partial charge in [-0.3, -0.25) is 4.98 Å². The lowest BCUT2D eigenvalue weighted by atomic mass is 10.1. The van der Waals surface area contributed by atoms with Crippen LogP contribution in [0.3, 0.4) is 0 Å². The molecule has 0 fully saturated rings. The highest BCUT2D eigenvalue weighted by Gasteiger charge is 2.06. The van der Waals surface area contributed by atoms with Crippen molar-refractivity contribution < 1.29 is 0 Å². The van der Waals surface area contributed by atoms with Crippen molar-refractivity contribution >= 4 is 28.3 Å². The van der Waals surface area contributed by atoms with Crippen molar-refractivity contribution in [2.24, 2.45) is 0 Å². The molecule has 1 N–H and O–H groups in total. The first kappa shape index (κ1) is 12.8. The van der Waals surface area contributed by atoms with Crippen molar-refractivity contribution in [1.29, 1.82) is 0 Å². The summed E-state index contributed by atoms with van der Waals surface area (Å²) < 4.78 is 0. The summed E-state index contributed by atoms with van der Waals surface area (Å²) in [5, 5.41) is 4.53. The molecule has 0 aliphatic heterocycles. The van der Waals surface area contributed by atoms with Crippen LogP contribution in [0.25, 0.3) is 10.9 Å². The summed E-state index contributed by atoms with van der Waals surface area (Å²) in [4.78, 5) is 12.6. The van der Waals surface area contributed by atoms with Crippen molar-refractivity contribution in [2.75, 3.05) is 5.32 Å². The molecule has 0 radical (unpaired) electrons. The second-order valence-corrected chi connectivity index (χ2v) is 4.85. The van der Waals surface area contributed by atoms with Gasteiger partial charge in [0.1, 0.15) is 5.82 Å². The first-order valence-electron chi connectivity index (χ1n) is 6.29. The lowest BCUT2D eigenvalue weighted by Gasteiger charge is -2.10. The van der Waals surface area contributed by atoms with Gasteiger partial charge in [-0.05, 0) is 47.9 Å². The Hall–Kier alpha value is -2.20. The number of para-hydroxylation sites is 1. The fraction of sp³-hybridized carbons (Fsp3) is 0.133. The van der Waals surface area contributed by atoms with Gasteiger partial charge in [0.15, 0.2) is 0 Å². The number of nitrogens with one attached hydrogen (secondary N) is 1. The van der Waals surface area contributed by atoms with E-state index in [1.807, 2.05) is 43.5 Å². The van der Waals surface area contributed by atoms with Gasteiger partial charge in [-0.1, -0.05) is 12.1 Å². The third kappa shape index (κ3) is 2.56. The molecule has 0 spiro atoms. The van der Waals surface area contributed by atoms with E-state index in [1.54, 1.807) is 6.20 Å². The molecule has 0 saturated carbocycles. The van der Waals surface area contributed by atoms with E-state index < -0.39 is 0 Å². The predicted octanol–water partition coefficient (Wildman–Crippen LogP) is 3.60. The number of hydrogen-bond donors (Lipinski definition) is 1. The Morgan fingerprint density at radius 3 is 2.85 bits per heavy atom. The van der Waals surface area contributed by atoms with Crippen molar-refractivity contribution in [3.8, 4) is 0 Å². The average Bonchev–Trinajstić information content (AvgIpc) is 2.46. The first-order chi connectivity index (χ1) is 9.74. The smallest absolute Gasteiger partial charge is 0.224 e. The molecular weight excluding hydrogens is 272 g/mol. The molecule has 0 aliphatic rings. The van der Waals surface area contributed by atoms with Crippen LogP contribution in [0.4, 0.5) is 5.82 Å². The highest BCUT2D eigenvalue weighted by atomic mass is 35.5. The van der Waals surface area contributed by atoms with Crippen LogP contribution in [-0.2, 0) is 6.54 Å². The summed E-state index contributed by atoms with van der Waals surface area (Å²) in [6.45, 7) is 2.71. The minimum Gasteiger partial charge on any atom is -0.365 e. The molecular formula is C15H13ClN4. The summed E-state index contributed by atoms with van der Waals surface area (Å²) in [6.07, 6.45) is 3.64. The number of nitrogens with zero attached hydrogens (tertiary/aromatic N) is 3. The topological polar surface area (TPSA) is 50.7 Å². The van der Waals surface area contributed by atoms with E-state index in [4.69, 9.17) is 11.6 Å². The van der Waals surface area contributed by atoms with Crippen LogP contribution in [-0.4, -0.2) is 15.0 Å². The second kappa shape index (κ2) is 5.43. The second-order valence-electron chi connectivity index (χ2n) is 4.51. The fourth-order valence-electron chi connectivity index (χ4n) is 2.06. The molecule has 0 aliphatic carbocycles. The van der Waals surface area contributed by atoms with Gasteiger partial charge in [0.25, 0.3) is 0 Å². The first-order valence-corrected chi connectivity index (χ1v) is 6.67. The summed E-state index contributed by atoms with van der Waals surface area (Å²) in [5.41, 5.74) is 3.16. The fourth-order valence-corrected chi connectivity index (χ4v) is 2.24. The zero-order valence-electron chi connectivity index (χ0n) is 11.0. The Morgan fingerprint density at radius 2 is 2.00 bits per heavy atom. The average molecular weight is 285 g/mol. The van der Waals surface area contributed by atoms with Crippen LogP contribution in [0.5, 0.6) is 0 Å². The van der Waals surface area contributed by atoms with Crippen molar-refractivity contribution in [3.63, 3.8) is 0 Å². The predicted molar refractivity (Wildman–Crippen MR) is 80.8 cm³/mol. The summed E-state index contributed by atoms with van der Waals surface area (Å²) >= 11 is 5.96. The van der Waals surface area contributed by atoms with Gasteiger partial charge in [-0.2, -0.15) is 0 Å². The summed E-state index contributed by atoms with van der Waals surface area (Å²) in [6, 6.07) is 9.79. The zero-order chi connectivity index (χ0) is 13.9. The number of aromatic nitrogens is 3. The van der Waals surface area contributed by atoms with Gasteiger partial charge in [-0.15, -0.1) is 0 Å². The highest BCUT2D eigenvalue weighted by molar-refractivity contribution is 6.28. The molecule has 2 aromatic heterocycles. The number of hydrogen-bond acceptors (Lipinski definition) is 4. The quantitative estimate of drug-likeness (QED) is 0.747. The minimum atomic E-state index is 0.248. The van der Waals surface area contributed by atoms with E-state index in [-0.39, 0.29) is 5.28 Å². The van der Waals surface area contributed by atoms with E-state index in [2.05, 4.69) is 20.3 Å². The molecule has 3 aromatic rings. The Bertz CT molecular complexity index is 758. The molecule has 0 atom stereocenters. The van der Waals surface area contributed by atoms with Gasteiger partial charge in [0.05, 0.1) is 5.52 Å². The van der Waals surface area contributed by atoms with Crippen molar-refractivity contribution in [2.45, 2.75) is 13.5 Å². The van der Waals surface area contributed by atoms with E-state index in [0.29, 0.717) is 6.54 Å². The SMILES string of the molecule is Cc1cnccc1CNc1nc(Cl)nc2ccccc12. The third-order valence-corrected chi connectivity index (χ3v) is 3.33. The normalized spacial score (nSPS) is 10.7. The van der Waals surface area contributed by atoms with Crippen LogP contribution < -0.4 is 5.32 Å². The molecule has 1 aromatic carbocycles. The lowest BCUT2D eigenvalue weighted by Crippen LogP contribution is -2.04. The van der Waals surface area contributed by atoms with E-state index in [1.165, 1.54) is 5.56 Å². The number of rotatable bonds is 3. The molecule has 4 nitrogen and oxygen atoms in total. The highest BCUT2D eigenvalue weighted by Crippen LogP contribution is 2.22. The maximum Gasteiger partial charge on any atom is 0.224 e. The number of halogens is 1. The van der Waals surface area contributed by atoms with Crippen LogP contribution in [0.2, 0.25) is 5.28 Å². The van der Waals surface area contributed by atoms with Crippen molar-refractivity contribution in [1.82, 2.24) is 15.0 Å². The zero-order valence-corrected chi connectivity index (χ0v) is 11.7. The minimum absolute atomic E-state index is 0.248. The molecule has 5 heteroatoms. The number of benzene rings is 1. The number of aryl methyl sites for hydroxylation is 1. The monoisotopic (exact) mass is 284 g/mol. The molecule has 0 bridgehead atoms. The number of pyridine rings is 1. The molecule has 0 saturated heterocycles. The lowest BCUT2D eigenvalue weighted by molar-refractivity contribution is 1.07. The van der Waals surface area contributed by atoms with Gasteiger partial charge in [0.2, 0.25) is 5.28 Å². The standard InChI is InChI=1S/C15H13ClN4/c1-10-8-17-7-6-11(10)9-18-14-12-4-2-3-5-13(12)19-15(16)20-14/h2-8H,9H2,1H3,(H,18,19,20). The van der Waals surface area contributed by atoms with Gasteiger partial charge in [-0.25, -0.2) is 9.97 Å². The largest absolute Gasteiger partial charge is 0.365 e. The van der Waals surface area contributed by atoms with Crippen LogP contribution in [0, 0.1) is 6.92 Å². The Morgan fingerprint density at radius 1 is 1.15 bits per heavy atom. The van der Waals surface area contributed by atoms with Gasteiger partial charge in [0, 0.05) is 24.3 Å². The Balaban J connectivity index is 1.93. The van der Waals surface area contributed by atoms with E-state index in [9.17, 15) is 0 Å². The summed E-state index contributed by atoms with van der Waals surface area (Å²) in [5.74, 6) is 0.747. The van der Waals surface area contributed by atoms with E-state index in [0.717, 1.165) is 22.3 Å². The summed E-state index contributed by atoms with van der Waals surface area (Å²) in [7, 11) is 0. The number of fused-ring (bicyclic) bond motifs is 1. The molecule has 100 valence electrons. The van der Waals surface area contributed by atoms with Crippen LogP contribution in [0.15, 0.2) is 42.7 Å². The van der Waals surface area contributed by atoms with Crippen LogP contribution in [0.1, 0.15) is 11.1 Å². The maximum atomic E-state index is 5.96. The molecule has 0 amide bonds. The Kier molecular flexibility index (Phi) is 3.48. The molecule has 20 heavy (non-hydrogen) atoms. The third-order valence-electron chi connectivity index (χ3n) is 3.16. The number of anilines is 1. The van der Waals surface area contributed by atoms with Gasteiger partial charge >= 0.3 is 0 Å². The molecule has 0 unspecified atom stereocenters. The maximum absolute atomic E-state index is 5.96. The molecule has 3 rings (SSSR count). The van der Waals surface area contributed by atoms with E-state index >= 15 is 0 Å².